The summed E-state index contributed by atoms with van der Waals surface area (Å²) in [6, 6.07) is 48.9. The number of fused-ring (bicyclic) bond motifs is 2. The predicted octanol–water partition coefficient (Wildman–Crippen LogP) is 20.9. The maximum atomic E-state index is 2.79. The normalized spacial score (nSPS) is 16.0. The number of rotatable bonds is 15. The Kier molecular flexibility index (Phi) is 16.3. The van der Waals surface area contributed by atoms with Crippen LogP contribution in [0.5, 0.6) is 0 Å². The molecule has 0 aliphatic heterocycles. The van der Waals surface area contributed by atoms with E-state index in [0.29, 0.717) is 7.25 Å². The molecule has 2 aliphatic carbocycles. The summed E-state index contributed by atoms with van der Waals surface area (Å²) in [7, 11) is 0. The van der Waals surface area contributed by atoms with Crippen molar-refractivity contribution in [3.05, 3.63) is 177 Å². The molecular formula is C70H89SiZr. The summed E-state index contributed by atoms with van der Waals surface area (Å²) in [5.74, 6) is -1.28. The summed E-state index contributed by atoms with van der Waals surface area (Å²) in [5, 5.41) is 0. The molecule has 2 unspecified atom stereocenters. The molecule has 72 heavy (non-hydrogen) atoms. The summed E-state index contributed by atoms with van der Waals surface area (Å²) in [4.78, 5) is 0. The Morgan fingerprint density at radius 2 is 0.625 bits per heavy atom. The molecule has 0 heterocycles. The minimum atomic E-state index is -2.70. The van der Waals surface area contributed by atoms with Crippen LogP contribution < -0.4 is 0 Å². The van der Waals surface area contributed by atoms with E-state index in [9.17, 15) is 0 Å². The second kappa shape index (κ2) is 21.6. The Balaban J connectivity index is 1.42. The molecule has 6 aromatic rings. The van der Waals surface area contributed by atoms with Gasteiger partial charge in [0.25, 0.3) is 0 Å². The number of unbranched alkanes of at least 4 members (excludes halogenated alkanes) is 4. The Labute approximate surface area is 447 Å². The zero-order valence-electron chi connectivity index (χ0n) is 47.6. The molecule has 0 nitrogen and oxygen atoms in total. The standard InChI is InChI=1S/2C34H41.C2H7Si.Zr/c2*1-8-9-10-11-24-22-31-29(25-12-16-27(17-13-25)33(2,3)4)20-21-30(32(31)23-24)26-14-18-28(19-15-26)34(5,6)7;1-3-2;/h2*12-23H,8-11H2,1-7H3;3H,1-2H3;. The first-order valence-electron chi connectivity index (χ1n) is 28.1. The third kappa shape index (κ3) is 11.4. The maximum absolute atomic E-state index is 2.79. The minimum absolute atomic E-state index is 0.0961. The van der Waals surface area contributed by atoms with Gasteiger partial charge in [-0.05, 0) is 0 Å². The van der Waals surface area contributed by atoms with Crippen LogP contribution in [0.1, 0.15) is 200 Å². The van der Waals surface area contributed by atoms with Crippen molar-refractivity contribution in [2.24, 2.45) is 0 Å². The van der Waals surface area contributed by atoms with Gasteiger partial charge in [0.1, 0.15) is 0 Å². The van der Waals surface area contributed by atoms with Gasteiger partial charge in [-0.25, -0.2) is 0 Å². The monoisotopic (exact) mass is 1050 g/mol. The van der Waals surface area contributed by atoms with Gasteiger partial charge in [0.15, 0.2) is 0 Å². The fraction of sp³-hybridized carbons (Fsp3) is 0.429. The van der Waals surface area contributed by atoms with E-state index in [1.54, 1.807) is 22.3 Å². The van der Waals surface area contributed by atoms with E-state index in [4.69, 9.17) is 0 Å². The van der Waals surface area contributed by atoms with Crippen molar-refractivity contribution in [3.63, 3.8) is 0 Å². The summed E-state index contributed by atoms with van der Waals surface area (Å²) in [6.07, 6.45) is 15.5. The Morgan fingerprint density at radius 3 is 0.875 bits per heavy atom. The van der Waals surface area contributed by atoms with Crippen molar-refractivity contribution >= 4 is 18.1 Å². The zero-order chi connectivity index (χ0) is 51.9. The van der Waals surface area contributed by atoms with Gasteiger partial charge >= 0.3 is 451 Å². The average Bonchev–Trinajstić information content (AvgIpc) is 3.89. The van der Waals surface area contributed by atoms with E-state index >= 15 is 0 Å². The fourth-order valence-corrected chi connectivity index (χ4v) is 34.8. The van der Waals surface area contributed by atoms with Gasteiger partial charge in [0, 0.05) is 0 Å². The van der Waals surface area contributed by atoms with Crippen LogP contribution in [-0.4, -0.2) is 5.92 Å². The van der Waals surface area contributed by atoms with Crippen LogP contribution in [0.15, 0.2) is 132 Å². The molecule has 2 heteroatoms. The number of hydrogen-bond donors (Lipinski definition) is 0. The van der Waals surface area contributed by atoms with Crippen LogP contribution >= 0.6 is 0 Å². The van der Waals surface area contributed by atoms with Crippen LogP contribution in [0.2, 0.25) is 13.1 Å². The summed E-state index contributed by atoms with van der Waals surface area (Å²) < 4.78 is 1.02. The predicted molar refractivity (Wildman–Crippen MR) is 318 cm³/mol. The van der Waals surface area contributed by atoms with Crippen molar-refractivity contribution in [3.8, 4) is 44.5 Å². The Morgan fingerprint density at radius 1 is 0.361 bits per heavy atom. The molecule has 0 aromatic heterocycles. The van der Waals surface area contributed by atoms with Crippen LogP contribution in [-0.2, 0) is 42.6 Å². The van der Waals surface area contributed by atoms with E-state index in [1.165, 1.54) is 129 Å². The second-order valence-corrected chi connectivity index (χ2v) is 46.2. The van der Waals surface area contributed by atoms with Crippen molar-refractivity contribution in [2.75, 3.05) is 0 Å². The molecule has 0 saturated carbocycles. The molecule has 0 bridgehead atoms. The number of allylic oxidation sites excluding steroid dienone is 2. The Bertz CT molecular complexity index is 2690. The molecule has 0 spiro atoms. The first-order chi connectivity index (χ1) is 34.0. The van der Waals surface area contributed by atoms with Crippen LogP contribution in [0, 0.1) is 0 Å². The van der Waals surface area contributed by atoms with Crippen molar-refractivity contribution in [1.29, 1.82) is 0 Å². The van der Waals surface area contributed by atoms with E-state index in [0.717, 1.165) is 0 Å². The van der Waals surface area contributed by atoms with E-state index < -0.39 is 26.8 Å². The van der Waals surface area contributed by atoms with E-state index in [-0.39, 0.29) is 21.7 Å². The topological polar surface area (TPSA) is 0 Å². The van der Waals surface area contributed by atoms with E-state index in [1.807, 2.05) is 0 Å². The summed E-state index contributed by atoms with van der Waals surface area (Å²) in [6.45, 7) is 38.4. The molecule has 2 aliphatic rings. The van der Waals surface area contributed by atoms with Gasteiger partial charge in [-0.1, -0.05) is 0 Å². The second-order valence-electron chi connectivity index (χ2n) is 26.2. The molecule has 377 valence electrons. The Hall–Kier alpha value is -4.10. The fourth-order valence-electron chi connectivity index (χ4n) is 11.9. The molecule has 0 radical (unpaired) electrons. The van der Waals surface area contributed by atoms with Crippen molar-refractivity contribution < 1.29 is 20.9 Å². The molecule has 2 atom stereocenters. The van der Waals surface area contributed by atoms with Gasteiger partial charge in [0.2, 0.25) is 0 Å². The summed E-state index contributed by atoms with van der Waals surface area (Å²) in [5.41, 5.74) is 27.1. The molecular weight excluding hydrogens is 960 g/mol. The van der Waals surface area contributed by atoms with Crippen LogP contribution in [0.25, 0.3) is 56.7 Å². The number of hydrogen-bond acceptors (Lipinski definition) is 0. The van der Waals surface area contributed by atoms with Crippen molar-refractivity contribution in [2.45, 2.75) is 190 Å². The van der Waals surface area contributed by atoms with Crippen LogP contribution in [0.4, 0.5) is 0 Å². The summed E-state index contributed by atoms with van der Waals surface area (Å²) >= 11 is -2.70. The third-order valence-corrected chi connectivity index (χ3v) is 37.9. The zero-order valence-corrected chi connectivity index (χ0v) is 51.2. The molecule has 0 N–H and O–H groups in total. The van der Waals surface area contributed by atoms with Gasteiger partial charge in [-0.15, -0.1) is 0 Å². The van der Waals surface area contributed by atoms with Gasteiger partial charge < -0.3 is 0 Å². The quantitative estimate of drug-likeness (QED) is 0.0710. The first kappa shape index (κ1) is 54.2. The van der Waals surface area contributed by atoms with E-state index in [2.05, 4.69) is 244 Å². The third-order valence-electron chi connectivity index (χ3n) is 16.3. The molecule has 0 amide bonds. The van der Waals surface area contributed by atoms with Gasteiger partial charge in [-0.3, -0.25) is 0 Å². The van der Waals surface area contributed by atoms with Gasteiger partial charge in [-0.2, -0.15) is 0 Å². The SMILES string of the molecule is CCCCCC1=Cc2c(-c3ccc(C(C)(C)C)cc3)ccc(-c3ccc(C(C)(C)C)cc3)c2[CH]1[Zr]([CH]1C(CCCCC)=Cc2c(-c3ccc(C(C)(C)C)cc3)ccc(-c3ccc(C(C)(C)C)cc3)c21)[SiH](C)C. The molecule has 0 saturated heterocycles. The first-order valence-corrected chi connectivity index (χ1v) is 38.0. The molecule has 6 aromatic carbocycles. The van der Waals surface area contributed by atoms with Crippen LogP contribution in [0.3, 0.4) is 0 Å². The average molecular weight is 1050 g/mol. The molecule has 0 fully saturated rings. The van der Waals surface area contributed by atoms with Gasteiger partial charge in [0.05, 0.1) is 0 Å². The van der Waals surface area contributed by atoms with Crippen molar-refractivity contribution in [1.82, 2.24) is 0 Å². The number of benzene rings is 6. The molecule has 8 rings (SSSR count).